The van der Waals surface area contributed by atoms with Crippen molar-refractivity contribution in [2.45, 2.75) is 37.5 Å². The highest BCUT2D eigenvalue weighted by atomic mass is 35.5. The zero-order chi connectivity index (χ0) is 17.9. The van der Waals surface area contributed by atoms with Crippen molar-refractivity contribution < 1.29 is 13.2 Å². The van der Waals surface area contributed by atoms with E-state index in [1.54, 1.807) is 0 Å². The second-order valence-electron chi connectivity index (χ2n) is 7.09. The molecule has 0 radical (unpaired) electrons. The summed E-state index contributed by atoms with van der Waals surface area (Å²) < 4.78 is 26.7. The number of sulfonamides is 1. The third kappa shape index (κ3) is 5.19. The second kappa shape index (κ2) is 9.17. The molecule has 1 aliphatic heterocycles. The molecule has 0 spiro atoms. The van der Waals surface area contributed by atoms with E-state index in [-0.39, 0.29) is 36.0 Å². The molecule has 146 valence electrons. The van der Waals surface area contributed by atoms with Crippen LogP contribution in [0.2, 0.25) is 0 Å². The Hall–Kier alpha value is -1.15. The van der Waals surface area contributed by atoms with Gasteiger partial charge in [0.25, 0.3) is 0 Å². The Kier molecular flexibility index (Phi) is 7.46. The average Bonchev–Trinajstić information content (AvgIpc) is 2.62. The molecule has 3 rings (SSSR count). The van der Waals surface area contributed by atoms with Crippen molar-refractivity contribution in [1.29, 1.82) is 0 Å². The maximum Gasteiger partial charge on any atom is 0.225 e. The molecule has 1 saturated heterocycles. The Labute approximate surface area is 162 Å². The van der Waals surface area contributed by atoms with Crippen LogP contribution in [0.4, 0.5) is 0 Å². The zero-order valence-corrected chi connectivity index (χ0v) is 16.6. The highest BCUT2D eigenvalue weighted by molar-refractivity contribution is 7.88. The van der Waals surface area contributed by atoms with Gasteiger partial charge in [-0.15, -0.1) is 12.4 Å². The van der Waals surface area contributed by atoms with E-state index in [2.05, 4.69) is 0 Å². The molecule has 1 aromatic rings. The molecule has 0 aromatic heterocycles. The number of hydrogen-bond acceptors (Lipinski definition) is 4. The van der Waals surface area contributed by atoms with Gasteiger partial charge in [-0.2, -0.15) is 4.31 Å². The number of halogens is 1. The van der Waals surface area contributed by atoms with Gasteiger partial charge in [0, 0.05) is 38.1 Å². The van der Waals surface area contributed by atoms with Crippen LogP contribution in [0.3, 0.4) is 0 Å². The lowest BCUT2D eigenvalue weighted by Crippen LogP contribution is -2.52. The van der Waals surface area contributed by atoms with Crippen molar-refractivity contribution >= 4 is 28.3 Å². The Balaban J connectivity index is 0.00000243. The van der Waals surface area contributed by atoms with Crippen molar-refractivity contribution in [1.82, 2.24) is 9.21 Å². The summed E-state index contributed by atoms with van der Waals surface area (Å²) in [6.07, 6.45) is 3.66. The Morgan fingerprint density at radius 2 is 1.73 bits per heavy atom. The highest BCUT2D eigenvalue weighted by Gasteiger charge is 2.33. The molecule has 2 aliphatic rings. The van der Waals surface area contributed by atoms with E-state index in [9.17, 15) is 13.2 Å². The summed E-state index contributed by atoms with van der Waals surface area (Å²) >= 11 is 0. The van der Waals surface area contributed by atoms with E-state index in [0.717, 1.165) is 31.2 Å². The summed E-state index contributed by atoms with van der Waals surface area (Å²) in [4.78, 5) is 14.5. The maximum atomic E-state index is 12.6. The van der Waals surface area contributed by atoms with Gasteiger partial charge >= 0.3 is 0 Å². The fourth-order valence-corrected chi connectivity index (χ4v) is 5.29. The molecule has 2 unspecified atom stereocenters. The Morgan fingerprint density at radius 3 is 2.35 bits per heavy atom. The minimum Gasteiger partial charge on any atom is -0.340 e. The highest BCUT2D eigenvalue weighted by Crippen LogP contribution is 2.25. The molecule has 2 atom stereocenters. The van der Waals surface area contributed by atoms with Crippen LogP contribution >= 0.6 is 12.4 Å². The van der Waals surface area contributed by atoms with E-state index in [0.29, 0.717) is 26.2 Å². The van der Waals surface area contributed by atoms with Gasteiger partial charge in [-0.3, -0.25) is 4.79 Å². The molecule has 1 heterocycles. The number of benzene rings is 1. The average molecular weight is 402 g/mol. The number of hydrogen-bond donors (Lipinski definition) is 1. The lowest BCUT2D eigenvalue weighted by atomic mass is 9.85. The maximum absolute atomic E-state index is 12.6. The van der Waals surface area contributed by atoms with Crippen molar-refractivity contribution in [2.24, 2.45) is 11.7 Å². The lowest BCUT2D eigenvalue weighted by molar-refractivity contribution is -0.137. The van der Waals surface area contributed by atoms with Gasteiger partial charge in [0.2, 0.25) is 15.9 Å². The van der Waals surface area contributed by atoms with Gasteiger partial charge in [0.1, 0.15) is 0 Å². The number of carbonyl (C=O) groups is 1. The fraction of sp³-hybridized carbons (Fsp3) is 0.611. The molecule has 6 nitrogen and oxygen atoms in total. The van der Waals surface area contributed by atoms with Crippen LogP contribution < -0.4 is 5.73 Å². The number of rotatable bonds is 4. The molecule has 2 fully saturated rings. The van der Waals surface area contributed by atoms with Crippen LogP contribution in [0.1, 0.15) is 31.2 Å². The number of carbonyl (C=O) groups excluding carboxylic acids is 1. The number of nitrogens with zero attached hydrogens (tertiary/aromatic N) is 2. The summed E-state index contributed by atoms with van der Waals surface area (Å²) in [5.74, 6) is 0.172. The smallest absolute Gasteiger partial charge is 0.225 e. The van der Waals surface area contributed by atoms with Crippen molar-refractivity contribution in [3.8, 4) is 0 Å². The summed E-state index contributed by atoms with van der Waals surface area (Å²) in [5.41, 5.74) is 6.78. The Bertz CT molecular complexity index is 691. The molecular formula is C18H28ClN3O3S. The standard InChI is InChI=1S/C18H27N3O3S.ClH/c19-17-8-4-7-16(13-17)18(22)20-9-11-21(12-10-20)25(23,24)14-15-5-2-1-3-6-15;/h1-3,5-6,16-17H,4,7-14,19H2;1H. The van der Waals surface area contributed by atoms with Crippen LogP contribution in [0, 0.1) is 5.92 Å². The first kappa shape index (κ1) is 21.2. The van der Waals surface area contributed by atoms with E-state index < -0.39 is 10.0 Å². The molecule has 8 heteroatoms. The molecule has 1 amide bonds. The van der Waals surface area contributed by atoms with Crippen LogP contribution in [0.25, 0.3) is 0 Å². The first-order chi connectivity index (χ1) is 12.0. The molecule has 0 bridgehead atoms. The van der Waals surface area contributed by atoms with Gasteiger partial charge in [-0.1, -0.05) is 36.8 Å². The van der Waals surface area contributed by atoms with Gasteiger partial charge in [-0.05, 0) is 24.8 Å². The largest absolute Gasteiger partial charge is 0.340 e. The number of amides is 1. The Morgan fingerprint density at radius 1 is 1.08 bits per heavy atom. The summed E-state index contributed by atoms with van der Waals surface area (Å²) in [6, 6.07) is 9.33. The van der Waals surface area contributed by atoms with E-state index in [1.165, 1.54) is 4.31 Å². The first-order valence-electron chi connectivity index (χ1n) is 9.02. The topological polar surface area (TPSA) is 83.7 Å². The van der Waals surface area contributed by atoms with E-state index in [4.69, 9.17) is 5.73 Å². The van der Waals surface area contributed by atoms with E-state index in [1.807, 2.05) is 35.2 Å². The van der Waals surface area contributed by atoms with Crippen LogP contribution in [-0.2, 0) is 20.6 Å². The second-order valence-corrected chi connectivity index (χ2v) is 9.06. The van der Waals surface area contributed by atoms with Crippen LogP contribution in [-0.4, -0.2) is 55.8 Å². The third-order valence-electron chi connectivity index (χ3n) is 5.20. The van der Waals surface area contributed by atoms with Crippen molar-refractivity contribution in [3.05, 3.63) is 35.9 Å². The molecule has 1 aliphatic carbocycles. The molecule has 1 aromatic carbocycles. The normalized spacial score (nSPS) is 24.7. The fourth-order valence-electron chi connectivity index (χ4n) is 3.77. The minimum absolute atomic E-state index is 0. The van der Waals surface area contributed by atoms with Gasteiger partial charge in [0.15, 0.2) is 0 Å². The minimum atomic E-state index is -3.34. The van der Waals surface area contributed by atoms with Gasteiger partial charge in [-0.25, -0.2) is 8.42 Å². The third-order valence-corrected chi connectivity index (χ3v) is 7.05. The zero-order valence-electron chi connectivity index (χ0n) is 14.9. The summed E-state index contributed by atoms with van der Waals surface area (Å²) in [7, 11) is -3.34. The van der Waals surface area contributed by atoms with E-state index >= 15 is 0 Å². The summed E-state index contributed by atoms with van der Waals surface area (Å²) in [6.45, 7) is 1.69. The predicted octanol–water partition coefficient (Wildman–Crippen LogP) is 1.60. The first-order valence-corrected chi connectivity index (χ1v) is 10.6. The molecular weight excluding hydrogens is 374 g/mol. The predicted molar refractivity (Wildman–Crippen MR) is 104 cm³/mol. The van der Waals surface area contributed by atoms with Crippen molar-refractivity contribution in [2.75, 3.05) is 26.2 Å². The van der Waals surface area contributed by atoms with Gasteiger partial charge < -0.3 is 10.6 Å². The van der Waals surface area contributed by atoms with Crippen molar-refractivity contribution in [3.63, 3.8) is 0 Å². The van der Waals surface area contributed by atoms with Crippen LogP contribution in [0.15, 0.2) is 30.3 Å². The van der Waals surface area contributed by atoms with Gasteiger partial charge in [0.05, 0.1) is 5.75 Å². The molecule has 26 heavy (non-hydrogen) atoms. The quantitative estimate of drug-likeness (QED) is 0.830. The van der Waals surface area contributed by atoms with Crippen LogP contribution in [0.5, 0.6) is 0 Å². The molecule has 2 N–H and O–H groups in total. The number of nitrogens with two attached hydrogens (primary N) is 1. The lowest BCUT2D eigenvalue weighted by Gasteiger charge is -2.37. The summed E-state index contributed by atoms with van der Waals surface area (Å²) in [5, 5.41) is 0. The number of piperazine rings is 1. The molecule has 1 saturated carbocycles. The monoisotopic (exact) mass is 401 g/mol. The SMILES string of the molecule is Cl.NC1CCCC(C(=O)N2CCN(S(=O)(=O)Cc3ccccc3)CC2)C1.